The summed E-state index contributed by atoms with van der Waals surface area (Å²) in [5.41, 5.74) is 3.54. The van der Waals surface area contributed by atoms with E-state index in [1.807, 2.05) is 0 Å². The van der Waals surface area contributed by atoms with Crippen molar-refractivity contribution in [2.24, 2.45) is 0 Å². The number of fused-ring (bicyclic) bond motifs is 3. The fourth-order valence-electron chi connectivity index (χ4n) is 2.59. The number of rotatable bonds is 1. The number of benzene rings is 2. The molecule has 0 amide bonds. The molecule has 2 heterocycles. The van der Waals surface area contributed by atoms with E-state index in [0.717, 1.165) is 5.69 Å². The van der Waals surface area contributed by atoms with Crippen LogP contribution in [0.25, 0.3) is 30.6 Å². The van der Waals surface area contributed by atoms with Crippen molar-refractivity contribution in [1.29, 1.82) is 0 Å². The molecule has 0 spiro atoms. The molecule has 0 atom stereocenters. The Hall–Kier alpha value is -1.89. The molecule has 4 aromatic rings. The normalized spacial score (nSPS) is 11.2. The van der Waals surface area contributed by atoms with E-state index < -0.39 is 0 Å². The molecule has 0 aliphatic rings. The van der Waals surface area contributed by atoms with Gasteiger partial charge in [-0.05, 0) is 0 Å². The van der Waals surface area contributed by atoms with Crippen LogP contribution in [0.4, 0.5) is 0 Å². The van der Waals surface area contributed by atoms with Gasteiger partial charge in [-0.2, -0.15) is 0 Å². The number of nitrogens with zero attached hydrogens (tertiary/aromatic N) is 1. The molecule has 0 aliphatic carbocycles. The third-order valence-electron chi connectivity index (χ3n) is 3.58. The maximum atomic E-state index is 4.66. The fraction of sp³-hybridized carbons (Fsp3) is 0.0556. The number of hydrogen-bond acceptors (Lipinski definition) is 1. The van der Waals surface area contributed by atoms with Crippen molar-refractivity contribution in [3.05, 3.63) is 66.4 Å². The average Bonchev–Trinajstić information content (AvgIpc) is 2.85. The Balaban J connectivity index is 2.00. The topological polar surface area (TPSA) is 12.9 Å². The van der Waals surface area contributed by atoms with Crippen molar-refractivity contribution in [2.75, 3.05) is 0 Å². The van der Waals surface area contributed by atoms with Crippen LogP contribution in [0.2, 0.25) is 0 Å². The molecule has 0 N–H and O–H groups in total. The van der Waals surface area contributed by atoms with Gasteiger partial charge in [0, 0.05) is 0 Å². The van der Waals surface area contributed by atoms with Gasteiger partial charge in [0.2, 0.25) is 0 Å². The Morgan fingerprint density at radius 1 is 0.850 bits per heavy atom. The zero-order valence-corrected chi connectivity index (χ0v) is 12.8. The van der Waals surface area contributed by atoms with Crippen LogP contribution in [0.1, 0.15) is 5.56 Å². The number of hydrogen-bond donors (Lipinski definition) is 0. The van der Waals surface area contributed by atoms with Gasteiger partial charge in [0.1, 0.15) is 0 Å². The van der Waals surface area contributed by atoms with Crippen LogP contribution < -0.4 is 0 Å². The van der Waals surface area contributed by atoms with Crippen molar-refractivity contribution in [2.45, 2.75) is 6.92 Å². The summed E-state index contributed by atoms with van der Waals surface area (Å²) in [6.07, 6.45) is 2.06. The first-order chi connectivity index (χ1) is 9.81. The second kappa shape index (κ2) is 4.59. The van der Waals surface area contributed by atoms with Crippen LogP contribution in [0.15, 0.2) is 60.8 Å². The van der Waals surface area contributed by atoms with Crippen LogP contribution in [0, 0.1) is 6.92 Å². The number of pyridine rings is 1. The van der Waals surface area contributed by atoms with Crippen molar-refractivity contribution >= 4 is 33.8 Å². The second-order valence-electron chi connectivity index (χ2n) is 5.03. The Kier molecular flexibility index (Phi) is 2.73. The minimum absolute atomic E-state index is 0.407. The van der Waals surface area contributed by atoms with Crippen LogP contribution in [-0.2, 0) is 0 Å². The van der Waals surface area contributed by atoms with E-state index in [9.17, 15) is 0 Å². The molecular formula is C18H13NSe. The summed E-state index contributed by atoms with van der Waals surface area (Å²) in [6.45, 7) is 2.12. The molecule has 0 unspecified atom stereocenters. The van der Waals surface area contributed by atoms with E-state index in [2.05, 4.69) is 72.7 Å². The molecule has 2 heteroatoms. The molecule has 0 aliphatic heterocycles. The molecular weight excluding hydrogens is 309 g/mol. The molecule has 96 valence electrons. The first kappa shape index (κ1) is 11.9. The molecule has 2 aromatic heterocycles. The van der Waals surface area contributed by atoms with Gasteiger partial charge >= 0.3 is 123 Å². The van der Waals surface area contributed by atoms with Gasteiger partial charge in [-0.15, -0.1) is 0 Å². The third kappa shape index (κ3) is 1.89. The molecule has 0 saturated carbocycles. The van der Waals surface area contributed by atoms with Crippen molar-refractivity contribution in [3.8, 4) is 11.3 Å². The summed E-state index contributed by atoms with van der Waals surface area (Å²) in [5, 5.41) is 2.76. The van der Waals surface area contributed by atoms with Crippen LogP contribution in [-0.4, -0.2) is 19.5 Å². The monoisotopic (exact) mass is 323 g/mol. The summed E-state index contributed by atoms with van der Waals surface area (Å²) in [5.74, 6) is 0. The van der Waals surface area contributed by atoms with Crippen LogP contribution in [0.3, 0.4) is 0 Å². The molecule has 1 nitrogen and oxygen atoms in total. The molecule has 0 saturated heterocycles. The van der Waals surface area contributed by atoms with Gasteiger partial charge in [0.15, 0.2) is 0 Å². The van der Waals surface area contributed by atoms with Gasteiger partial charge in [0.25, 0.3) is 0 Å². The standard InChI is InChI=1S/C18H13NSe/c1-12-5-4-6-13(9-12)16-10-15-14-7-2-3-8-17(14)20-18(15)11-19-16/h2-11H,1H3. The molecule has 20 heavy (non-hydrogen) atoms. The van der Waals surface area contributed by atoms with Crippen molar-refractivity contribution in [3.63, 3.8) is 0 Å². The summed E-state index contributed by atoms with van der Waals surface area (Å²) in [4.78, 5) is 4.66. The number of aromatic nitrogens is 1. The van der Waals surface area contributed by atoms with E-state index >= 15 is 0 Å². The van der Waals surface area contributed by atoms with E-state index in [-0.39, 0.29) is 0 Å². The molecule has 2 aromatic carbocycles. The zero-order valence-electron chi connectivity index (χ0n) is 11.1. The molecule has 0 bridgehead atoms. The van der Waals surface area contributed by atoms with Crippen LogP contribution in [0.5, 0.6) is 0 Å². The van der Waals surface area contributed by atoms with Gasteiger partial charge in [-0.1, -0.05) is 0 Å². The predicted octanol–water partition coefficient (Wildman–Crippen LogP) is 4.42. The SMILES string of the molecule is Cc1cccc(-c2cc3c(cn2)[se]c2ccccc23)c1. The molecule has 0 radical (unpaired) electrons. The second-order valence-corrected chi connectivity index (χ2v) is 7.31. The Morgan fingerprint density at radius 2 is 1.75 bits per heavy atom. The third-order valence-corrected chi connectivity index (χ3v) is 5.93. The van der Waals surface area contributed by atoms with E-state index in [4.69, 9.17) is 0 Å². The summed E-state index contributed by atoms with van der Waals surface area (Å²) in [7, 11) is 0. The molecule has 0 fully saturated rings. The summed E-state index contributed by atoms with van der Waals surface area (Å²) >= 11 is 0.407. The van der Waals surface area contributed by atoms with Gasteiger partial charge in [0.05, 0.1) is 0 Å². The Morgan fingerprint density at radius 3 is 2.65 bits per heavy atom. The van der Waals surface area contributed by atoms with Gasteiger partial charge in [-0.25, -0.2) is 0 Å². The quantitative estimate of drug-likeness (QED) is 0.473. The van der Waals surface area contributed by atoms with E-state index in [1.54, 1.807) is 0 Å². The average molecular weight is 322 g/mol. The first-order valence-electron chi connectivity index (χ1n) is 6.65. The van der Waals surface area contributed by atoms with Crippen LogP contribution >= 0.6 is 0 Å². The summed E-state index contributed by atoms with van der Waals surface area (Å²) < 4.78 is 2.87. The van der Waals surface area contributed by atoms with Gasteiger partial charge < -0.3 is 0 Å². The number of aryl methyl sites for hydroxylation is 1. The first-order valence-corrected chi connectivity index (χ1v) is 8.37. The van der Waals surface area contributed by atoms with Crippen molar-refractivity contribution in [1.82, 2.24) is 4.98 Å². The van der Waals surface area contributed by atoms with E-state index in [1.165, 1.54) is 30.4 Å². The predicted molar refractivity (Wildman–Crippen MR) is 86.4 cm³/mol. The van der Waals surface area contributed by atoms with Gasteiger partial charge in [-0.3, -0.25) is 0 Å². The van der Waals surface area contributed by atoms with Crippen molar-refractivity contribution < 1.29 is 0 Å². The minimum atomic E-state index is 0.407. The molecule has 4 rings (SSSR count). The Labute approximate surface area is 123 Å². The maximum absolute atomic E-state index is 4.66. The zero-order chi connectivity index (χ0) is 13.5. The van der Waals surface area contributed by atoms with E-state index in [0.29, 0.717) is 14.5 Å². The Bertz CT molecular complexity index is 921. The summed E-state index contributed by atoms with van der Waals surface area (Å²) in [6, 6.07) is 19.5. The fourth-order valence-corrected chi connectivity index (χ4v) is 4.81.